The van der Waals surface area contributed by atoms with E-state index in [9.17, 15) is 13.2 Å². The molecule has 4 bridgehead atoms. The fourth-order valence-corrected chi connectivity index (χ4v) is 7.35. The van der Waals surface area contributed by atoms with Gasteiger partial charge in [-0.3, -0.25) is 4.98 Å². The third-order valence-corrected chi connectivity index (χ3v) is 7.13. The van der Waals surface area contributed by atoms with Crippen molar-refractivity contribution in [2.45, 2.75) is 52.0 Å². The van der Waals surface area contributed by atoms with Crippen LogP contribution in [0, 0.1) is 16.2 Å². The Balaban J connectivity index is 0.000000258. The molecule has 0 radical (unpaired) electrons. The SMILES string of the molecule is CC12CC3(C)CC(C)(C1)C[N+](CCc1ccccn1)(C2)C3.O=S(=O)([O-])C(F)(F)F. The van der Waals surface area contributed by atoms with Gasteiger partial charge in [-0.2, -0.15) is 13.2 Å². The molecule has 4 heterocycles. The zero-order valence-corrected chi connectivity index (χ0v) is 17.9. The van der Waals surface area contributed by atoms with Crippen molar-refractivity contribution in [2.24, 2.45) is 16.2 Å². The van der Waals surface area contributed by atoms with Crippen molar-refractivity contribution in [3.05, 3.63) is 30.1 Å². The highest BCUT2D eigenvalue weighted by molar-refractivity contribution is 7.86. The molecule has 4 fully saturated rings. The Morgan fingerprint density at radius 1 is 1.03 bits per heavy atom. The molecule has 0 amide bonds. The van der Waals surface area contributed by atoms with E-state index < -0.39 is 15.6 Å². The minimum atomic E-state index is -6.09. The molecule has 0 aromatic carbocycles. The fraction of sp³-hybridized carbons (Fsp3) is 0.750. The van der Waals surface area contributed by atoms with Crippen molar-refractivity contribution >= 4 is 10.1 Å². The first-order valence-corrected chi connectivity index (χ1v) is 11.3. The summed E-state index contributed by atoms with van der Waals surface area (Å²) < 4.78 is 60.3. The van der Waals surface area contributed by atoms with Gasteiger partial charge < -0.3 is 9.04 Å². The lowest BCUT2D eigenvalue weighted by Gasteiger charge is -2.68. The summed E-state index contributed by atoms with van der Waals surface area (Å²) >= 11 is 0. The van der Waals surface area contributed by atoms with E-state index in [1.165, 1.54) is 55.6 Å². The topological polar surface area (TPSA) is 70.1 Å². The van der Waals surface area contributed by atoms with E-state index >= 15 is 0 Å². The first-order chi connectivity index (χ1) is 13.1. The van der Waals surface area contributed by atoms with Crippen molar-refractivity contribution in [1.82, 2.24) is 4.98 Å². The predicted molar refractivity (Wildman–Crippen MR) is 102 cm³/mol. The van der Waals surface area contributed by atoms with Gasteiger partial charge in [0.05, 0.1) is 26.2 Å². The van der Waals surface area contributed by atoms with Crippen LogP contribution in [0.4, 0.5) is 13.2 Å². The molecule has 1 aliphatic carbocycles. The molecule has 0 spiro atoms. The molecule has 3 saturated heterocycles. The average Bonchev–Trinajstić information content (AvgIpc) is 2.48. The first-order valence-electron chi connectivity index (χ1n) is 9.84. The molecular formula is C20H29F3N2O3S. The summed E-state index contributed by atoms with van der Waals surface area (Å²) in [6, 6.07) is 6.33. The standard InChI is InChI=1S/C19H29N2.CHF3O3S/c1-17-10-18(2)12-19(3,11-17)15-21(13-17,14-18)9-7-16-6-4-5-8-20-16;2-1(3,4)8(5,6)7/h4-6,8H,7,9-15H2,1-3H3;(H,5,6,7)/q+1;/p-1. The Kier molecular flexibility index (Phi) is 5.37. The van der Waals surface area contributed by atoms with Gasteiger partial charge in [-0.25, -0.2) is 8.42 Å². The molecule has 29 heavy (non-hydrogen) atoms. The Morgan fingerprint density at radius 2 is 1.48 bits per heavy atom. The van der Waals surface area contributed by atoms with Crippen LogP contribution in [0.3, 0.4) is 0 Å². The van der Waals surface area contributed by atoms with E-state index in [1.54, 1.807) is 0 Å². The van der Waals surface area contributed by atoms with Crippen LogP contribution in [-0.4, -0.2) is 54.1 Å². The second-order valence-electron chi connectivity index (χ2n) is 10.5. The molecule has 5 rings (SSSR count). The number of hydrogen-bond acceptors (Lipinski definition) is 4. The number of quaternary nitrogens is 1. The van der Waals surface area contributed by atoms with Crippen LogP contribution in [0.2, 0.25) is 0 Å². The first kappa shape index (κ1) is 22.5. The second-order valence-corrected chi connectivity index (χ2v) is 11.8. The van der Waals surface area contributed by atoms with E-state index in [0.717, 1.165) is 6.42 Å². The molecule has 164 valence electrons. The van der Waals surface area contributed by atoms with Gasteiger partial charge in [-0.1, -0.05) is 26.8 Å². The summed E-state index contributed by atoms with van der Waals surface area (Å²) in [6.45, 7) is 13.2. The maximum Gasteiger partial charge on any atom is 0.485 e. The maximum absolute atomic E-state index is 10.7. The van der Waals surface area contributed by atoms with E-state index in [-0.39, 0.29) is 0 Å². The third kappa shape index (κ3) is 4.94. The maximum atomic E-state index is 10.7. The van der Waals surface area contributed by atoms with Crippen molar-refractivity contribution in [1.29, 1.82) is 0 Å². The van der Waals surface area contributed by atoms with Crippen LogP contribution < -0.4 is 0 Å². The zero-order chi connectivity index (χ0) is 21.8. The summed E-state index contributed by atoms with van der Waals surface area (Å²) in [5, 5.41) is 0. The number of hydrogen-bond donors (Lipinski definition) is 0. The number of halogens is 3. The van der Waals surface area contributed by atoms with Gasteiger partial charge in [0.1, 0.15) is 0 Å². The molecule has 9 heteroatoms. The summed E-state index contributed by atoms with van der Waals surface area (Å²) in [5.41, 5.74) is -2.62. The predicted octanol–water partition coefficient (Wildman–Crippen LogP) is 3.72. The molecule has 3 aliphatic heterocycles. The highest BCUT2D eigenvalue weighted by Gasteiger charge is 2.65. The Bertz CT molecular complexity index is 804. The van der Waals surface area contributed by atoms with Gasteiger partial charge in [-0.15, -0.1) is 0 Å². The molecule has 1 aromatic rings. The highest BCUT2D eigenvalue weighted by Crippen LogP contribution is 2.63. The minimum Gasteiger partial charge on any atom is -0.741 e. The molecule has 4 aliphatic rings. The monoisotopic (exact) mass is 434 g/mol. The molecule has 0 N–H and O–H groups in total. The van der Waals surface area contributed by atoms with Gasteiger partial charge in [0.15, 0.2) is 10.1 Å². The summed E-state index contributed by atoms with van der Waals surface area (Å²) in [5.74, 6) is 0. The average molecular weight is 435 g/mol. The van der Waals surface area contributed by atoms with Crippen LogP contribution in [-0.2, 0) is 16.5 Å². The molecule has 5 nitrogen and oxygen atoms in total. The van der Waals surface area contributed by atoms with Gasteiger partial charge in [-0.05, 0) is 31.4 Å². The van der Waals surface area contributed by atoms with Crippen LogP contribution in [0.5, 0.6) is 0 Å². The van der Waals surface area contributed by atoms with Gasteiger partial charge in [0.25, 0.3) is 0 Å². The van der Waals surface area contributed by atoms with Crippen LogP contribution in [0.25, 0.3) is 0 Å². The number of nitrogens with zero attached hydrogens (tertiary/aromatic N) is 2. The minimum absolute atomic E-state index is 0.586. The van der Waals surface area contributed by atoms with Crippen LogP contribution >= 0.6 is 0 Å². The van der Waals surface area contributed by atoms with E-state index in [4.69, 9.17) is 13.0 Å². The molecule has 0 atom stereocenters. The lowest BCUT2D eigenvalue weighted by atomic mass is 9.48. The molecule has 1 aromatic heterocycles. The second kappa shape index (κ2) is 6.92. The zero-order valence-electron chi connectivity index (χ0n) is 17.1. The smallest absolute Gasteiger partial charge is 0.485 e. The van der Waals surface area contributed by atoms with E-state index in [1.807, 2.05) is 12.3 Å². The van der Waals surface area contributed by atoms with Crippen LogP contribution in [0.15, 0.2) is 24.4 Å². The number of pyridine rings is 1. The molecule has 1 saturated carbocycles. The Hall–Kier alpha value is -1.19. The van der Waals surface area contributed by atoms with E-state index in [2.05, 4.69) is 37.9 Å². The largest absolute Gasteiger partial charge is 0.741 e. The highest BCUT2D eigenvalue weighted by atomic mass is 32.2. The third-order valence-electron chi connectivity index (χ3n) is 6.56. The molecule has 0 unspecified atom stereocenters. The Morgan fingerprint density at radius 3 is 1.83 bits per heavy atom. The lowest BCUT2D eigenvalue weighted by molar-refractivity contribution is -0.966. The van der Waals surface area contributed by atoms with Crippen LogP contribution in [0.1, 0.15) is 45.7 Å². The Labute approximate surface area is 170 Å². The fourth-order valence-electron chi connectivity index (χ4n) is 7.35. The van der Waals surface area contributed by atoms with Crippen molar-refractivity contribution in [3.63, 3.8) is 0 Å². The number of alkyl halides is 3. The number of aromatic nitrogens is 1. The number of piperidine rings is 3. The van der Waals surface area contributed by atoms with Crippen molar-refractivity contribution in [2.75, 3.05) is 26.2 Å². The van der Waals surface area contributed by atoms with Crippen molar-refractivity contribution < 1.29 is 30.6 Å². The lowest BCUT2D eigenvalue weighted by Crippen LogP contribution is -2.74. The van der Waals surface area contributed by atoms with Gasteiger partial charge >= 0.3 is 5.51 Å². The summed E-state index contributed by atoms with van der Waals surface area (Å²) in [6.07, 6.45) is 7.45. The number of rotatable bonds is 3. The van der Waals surface area contributed by atoms with Crippen molar-refractivity contribution in [3.8, 4) is 0 Å². The summed E-state index contributed by atoms with van der Waals surface area (Å²) in [4.78, 5) is 4.54. The van der Waals surface area contributed by atoms with Gasteiger partial charge in [0.2, 0.25) is 0 Å². The normalized spacial score (nSPS) is 38.4. The van der Waals surface area contributed by atoms with Gasteiger partial charge in [0, 0.05) is 34.6 Å². The quantitative estimate of drug-likeness (QED) is 0.413. The molecular weight excluding hydrogens is 405 g/mol. The van der Waals surface area contributed by atoms with E-state index in [0.29, 0.717) is 16.2 Å². The summed E-state index contributed by atoms with van der Waals surface area (Å²) in [7, 11) is -6.09.